The zero-order valence-corrected chi connectivity index (χ0v) is 9.35. The van der Waals surface area contributed by atoms with Gasteiger partial charge < -0.3 is 9.47 Å². The minimum Gasteiger partial charge on any atom is -0.431 e. The van der Waals surface area contributed by atoms with Gasteiger partial charge in [0.15, 0.2) is 0 Å². The summed E-state index contributed by atoms with van der Waals surface area (Å²) in [6, 6.07) is 0. The second kappa shape index (κ2) is 2.95. The molecule has 0 radical (unpaired) electrons. The molecule has 6 nitrogen and oxygen atoms in total. The molecule has 1 aliphatic carbocycles. The van der Waals surface area contributed by atoms with Crippen LogP contribution in [0.1, 0.15) is 6.92 Å². The maximum absolute atomic E-state index is 11.8. The Kier molecular flexibility index (Phi) is 1.82. The fourth-order valence-corrected chi connectivity index (χ4v) is 3.17. The van der Waals surface area contributed by atoms with Crippen molar-refractivity contribution in [2.75, 3.05) is 7.11 Å². The van der Waals surface area contributed by atoms with Crippen molar-refractivity contribution in [2.24, 2.45) is 17.8 Å². The summed E-state index contributed by atoms with van der Waals surface area (Å²) in [4.78, 5) is 35.0. The number of hydrogen-bond donors (Lipinski definition) is 1. The monoisotopic (exact) mass is 237 g/mol. The van der Waals surface area contributed by atoms with E-state index in [4.69, 9.17) is 9.47 Å². The molecular formula is C11H11NO5. The Hall–Kier alpha value is -1.69. The van der Waals surface area contributed by atoms with E-state index in [1.54, 1.807) is 13.0 Å². The van der Waals surface area contributed by atoms with Crippen LogP contribution in [0, 0.1) is 17.8 Å². The van der Waals surface area contributed by atoms with Gasteiger partial charge >= 0.3 is 5.97 Å². The lowest BCUT2D eigenvalue weighted by Gasteiger charge is -2.53. The Bertz CT molecular complexity index is 482. The average Bonchev–Trinajstić information content (AvgIpc) is 2.45. The van der Waals surface area contributed by atoms with Crippen molar-refractivity contribution < 1.29 is 23.9 Å². The molecule has 3 rings (SSSR count). The van der Waals surface area contributed by atoms with E-state index in [9.17, 15) is 14.4 Å². The summed E-state index contributed by atoms with van der Waals surface area (Å²) in [7, 11) is 1.43. The van der Waals surface area contributed by atoms with Gasteiger partial charge in [0.25, 0.3) is 0 Å². The van der Waals surface area contributed by atoms with Crippen LogP contribution in [0.15, 0.2) is 11.8 Å². The number of carbonyl (C=O) groups is 3. The Labute approximate surface area is 96.9 Å². The molecule has 6 heteroatoms. The van der Waals surface area contributed by atoms with Crippen molar-refractivity contribution in [3.8, 4) is 0 Å². The van der Waals surface area contributed by atoms with Gasteiger partial charge in [-0.05, 0) is 13.0 Å². The lowest BCUT2D eigenvalue weighted by atomic mass is 9.53. The summed E-state index contributed by atoms with van der Waals surface area (Å²) in [6.07, 6.45) is 1.62. The number of hydrogen-bond acceptors (Lipinski definition) is 5. The molecule has 90 valence electrons. The molecule has 0 spiro atoms. The van der Waals surface area contributed by atoms with Crippen LogP contribution in [-0.2, 0) is 23.9 Å². The Morgan fingerprint density at radius 1 is 1.29 bits per heavy atom. The van der Waals surface area contributed by atoms with Gasteiger partial charge in [0.1, 0.15) is 17.3 Å². The van der Waals surface area contributed by atoms with E-state index in [-0.39, 0.29) is 5.91 Å². The predicted octanol–water partition coefficient (Wildman–Crippen LogP) is -0.649. The number of cyclic esters (lactones) is 1. The second-order valence-corrected chi connectivity index (χ2v) is 4.57. The molecule has 0 bridgehead atoms. The SMILES string of the molecule is CO[C@]12C=C(C)OC(=O)[C@H]1[C@@H]1C(=O)NC(=O)[C@@H]12. The Balaban J connectivity index is 2.12. The molecule has 0 aromatic heterocycles. The van der Waals surface area contributed by atoms with E-state index in [1.165, 1.54) is 7.11 Å². The molecule has 0 aromatic rings. The van der Waals surface area contributed by atoms with Crippen molar-refractivity contribution in [2.45, 2.75) is 12.5 Å². The summed E-state index contributed by atoms with van der Waals surface area (Å²) in [5.41, 5.74) is -1.01. The molecule has 2 fully saturated rings. The molecule has 1 saturated carbocycles. The van der Waals surface area contributed by atoms with E-state index >= 15 is 0 Å². The number of nitrogens with one attached hydrogen (secondary N) is 1. The smallest absolute Gasteiger partial charge is 0.318 e. The molecule has 2 aliphatic heterocycles. The van der Waals surface area contributed by atoms with Crippen molar-refractivity contribution >= 4 is 17.8 Å². The zero-order chi connectivity index (χ0) is 12.4. The highest BCUT2D eigenvalue weighted by atomic mass is 16.6. The zero-order valence-electron chi connectivity index (χ0n) is 9.35. The summed E-state index contributed by atoms with van der Waals surface area (Å²) >= 11 is 0. The summed E-state index contributed by atoms with van der Waals surface area (Å²) in [5, 5.41) is 2.23. The highest BCUT2D eigenvalue weighted by Crippen LogP contribution is 2.57. The van der Waals surface area contributed by atoms with Crippen molar-refractivity contribution in [1.82, 2.24) is 5.32 Å². The highest BCUT2D eigenvalue weighted by Gasteiger charge is 2.74. The predicted molar refractivity (Wildman–Crippen MR) is 53.2 cm³/mol. The van der Waals surface area contributed by atoms with Gasteiger partial charge in [0.2, 0.25) is 11.8 Å². The first-order chi connectivity index (χ1) is 8.01. The third kappa shape index (κ3) is 1.01. The van der Waals surface area contributed by atoms with E-state index in [0.29, 0.717) is 5.76 Å². The van der Waals surface area contributed by atoms with Gasteiger partial charge in [0.05, 0.1) is 11.8 Å². The summed E-state index contributed by atoms with van der Waals surface area (Å²) in [6.45, 7) is 1.62. The number of esters is 1. The topological polar surface area (TPSA) is 81.7 Å². The number of ether oxygens (including phenoxy) is 2. The first-order valence-corrected chi connectivity index (χ1v) is 5.32. The number of fused-ring (bicyclic) bond motifs is 4. The molecule has 2 amide bonds. The Morgan fingerprint density at radius 2 is 2.00 bits per heavy atom. The molecule has 3 aliphatic rings. The second-order valence-electron chi connectivity index (χ2n) is 4.57. The summed E-state index contributed by atoms with van der Waals surface area (Å²) in [5.74, 6) is -2.88. The number of methoxy groups -OCH3 is 1. The molecule has 2 heterocycles. The van der Waals surface area contributed by atoms with Crippen LogP contribution in [0.5, 0.6) is 0 Å². The molecule has 1 N–H and O–H groups in total. The van der Waals surface area contributed by atoms with Crippen LogP contribution >= 0.6 is 0 Å². The first-order valence-electron chi connectivity index (χ1n) is 5.32. The number of allylic oxidation sites excluding steroid dienone is 1. The van der Waals surface area contributed by atoms with Crippen LogP contribution in [0.4, 0.5) is 0 Å². The number of amides is 2. The largest absolute Gasteiger partial charge is 0.431 e. The van der Waals surface area contributed by atoms with E-state index < -0.39 is 35.2 Å². The standard InChI is InChI=1S/C11H11NO5/c1-4-3-11(16-2)6-5(7(11)10(15)17-4)8(13)12-9(6)14/h3,5-7H,1-2H3,(H,12,13,14)/t5-,6-,7-,11+/m1/s1. The molecule has 17 heavy (non-hydrogen) atoms. The number of carbonyl (C=O) groups excluding carboxylic acids is 3. The average molecular weight is 237 g/mol. The normalized spacial score (nSPS) is 43.1. The number of imide groups is 1. The first kappa shape index (κ1) is 10.5. The number of rotatable bonds is 1. The quantitative estimate of drug-likeness (QED) is 0.484. The lowest BCUT2D eigenvalue weighted by molar-refractivity contribution is -0.205. The lowest BCUT2D eigenvalue weighted by Crippen LogP contribution is -2.68. The molecule has 1 saturated heterocycles. The van der Waals surface area contributed by atoms with Crippen LogP contribution < -0.4 is 5.32 Å². The van der Waals surface area contributed by atoms with Crippen LogP contribution in [0.3, 0.4) is 0 Å². The Morgan fingerprint density at radius 3 is 2.65 bits per heavy atom. The highest BCUT2D eigenvalue weighted by molar-refractivity contribution is 6.10. The van der Waals surface area contributed by atoms with Crippen molar-refractivity contribution in [1.29, 1.82) is 0 Å². The third-order valence-corrected chi connectivity index (χ3v) is 3.82. The minimum atomic E-state index is -1.01. The maximum Gasteiger partial charge on any atom is 0.318 e. The molecule has 0 unspecified atom stereocenters. The summed E-state index contributed by atoms with van der Waals surface area (Å²) < 4.78 is 10.4. The fourth-order valence-electron chi connectivity index (χ4n) is 3.17. The van der Waals surface area contributed by atoms with Gasteiger partial charge in [-0.2, -0.15) is 0 Å². The van der Waals surface area contributed by atoms with E-state index in [2.05, 4.69) is 5.32 Å². The molecule has 4 atom stereocenters. The van der Waals surface area contributed by atoms with Gasteiger partial charge in [-0.3, -0.25) is 19.7 Å². The molecule has 0 aromatic carbocycles. The van der Waals surface area contributed by atoms with Gasteiger partial charge in [0, 0.05) is 7.11 Å². The minimum absolute atomic E-state index is 0.378. The van der Waals surface area contributed by atoms with Crippen LogP contribution in [-0.4, -0.2) is 30.5 Å². The molecular weight excluding hydrogens is 226 g/mol. The van der Waals surface area contributed by atoms with Gasteiger partial charge in [-0.1, -0.05) is 0 Å². The van der Waals surface area contributed by atoms with Crippen molar-refractivity contribution in [3.05, 3.63) is 11.8 Å². The van der Waals surface area contributed by atoms with Crippen LogP contribution in [0.2, 0.25) is 0 Å². The van der Waals surface area contributed by atoms with Crippen LogP contribution in [0.25, 0.3) is 0 Å². The van der Waals surface area contributed by atoms with Crippen molar-refractivity contribution in [3.63, 3.8) is 0 Å². The maximum atomic E-state index is 11.8. The van der Waals surface area contributed by atoms with Gasteiger partial charge in [-0.15, -0.1) is 0 Å². The van der Waals surface area contributed by atoms with E-state index in [0.717, 1.165) is 0 Å². The fraction of sp³-hybridized carbons (Fsp3) is 0.545. The van der Waals surface area contributed by atoms with E-state index in [1.807, 2.05) is 0 Å². The third-order valence-electron chi connectivity index (χ3n) is 3.82. The van der Waals surface area contributed by atoms with Gasteiger partial charge in [-0.25, -0.2) is 0 Å².